The fourth-order valence-electron chi connectivity index (χ4n) is 3.86. The van der Waals surface area contributed by atoms with Gasteiger partial charge in [0, 0.05) is 31.9 Å². The van der Waals surface area contributed by atoms with Crippen molar-refractivity contribution in [1.29, 1.82) is 0 Å². The maximum absolute atomic E-state index is 12.9. The molecule has 0 saturated carbocycles. The van der Waals surface area contributed by atoms with E-state index in [4.69, 9.17) is 0 Å². The quantitative estimate of drug-likeness (QED) is 0.619. The van der Waals surface area contributed by atoms with Gasteiger partial charge >= 0.3 is 0 Å². The number of hydrogen-bond acceptors (Lipinski definition) is 6. The molecule has 0 aliphatic carbocycles. The minimum absolute atomic E-state index is 0.0199. The second kappa shape index (κ2) is 8.30. The molecule has 2 heterocycles. The molecular formula is C24H28N4O2S. The van der Waals surface area contributed by atoms with Gasteiger partial charge < -0.3 is 9.80 Å². The van der Waals surface area contributed by atoms with E-state index in [0.29, 0.717) is 5.82 Å². The number of aromatic nitrogens is 2. The highest BCUT2D eigenvalue weighted by Crippen LogP contribution is 2.25. The lowest BCUT2D eigenvalue weighted by molar-refractivity contribution is 0.589. The van der Waals surface area contributed by atoms with Crippen molar-refractivity contribution < 1.29 is 8.42 Å². The number of aryl methyl sites for hydroxylation is 4. The molecule has 0 atom stereocenters. The average Bonchev–Trinajstić information content (AvgIpc) is 2.77. The topological polar surface area (TPSA) is 66.4 Å². The van der Waals surface area contributed by atoms with Crippen molar-refractivity contribution >= 4 is 21.3 Å². The molecule has 2 aromatic carbocycles. The van der Waals surface area contributed by atoms with E-state index in [0.717, 1.165) is 37.3 Å². The number of anilines is 2. The highest BCUT2D eigenvalue weighted by Gasteiger charge is 2.23. The van der Waals surface area contributed by atoms with Crippen LogP contribution in [0.15, 0.2) is 58.5 Å². The summed E-state index contributed by atoms with van der Waals surface area (Å²) in [5, 5.41) is 8.29. The summed E-state index contributed by atoms with van der Waals surface area (Å²) >= 11 is 0. The summed E-state index contributed by atoms with van der Waals surface area (Å²) in [6, 6.07) is 15.0. The number of benzene rings is 2. The highest BCUT2D eigenvalue weighted by atomic mass is 32.2. The van der Waals surface area contributed by atoms with E-state index in [-0.39, 0.29) is 9.92 Å². The van der Waals surface area contributed by atoms with E-state index in [9.17, 15) is 8.42 Å². The molecule has 1 aliphatic rings. The summed E-state index contributed by atoms with van der Waals surface area (Å²) in [5.74, 6) is 0.708. The molecule has 6 nitrogen and oxygen atoms in total. The Morgan fingerprint density at radius 1 is 0.710 bits per heavy atom. The predicted molar refractivity (Wildman–Crippen MR) is 124 cm³/mol. The molecule has 0 radical (unpaired) electrons. The Kier molecular flexibility index (Phi) is 5.71. The van der Waals surface area contributed by atoms with Crippen LogP contribution in [0.4, 0.5) is 11.5 Å². The van der Waals surface area contributed by atoms with Crippen LogP contribution in [0.1, 0.15) is 22.3 Å². The van der Waals surface area contributed by atoms with Crippen LogP contribution in [-0.4, -0.2) is 44.8 Å². The van der Waals surface area contributed by atoms with Crippen molar-refractivity contribution in [2.75, 3.05) is 36.0 Å². The molecule has 1 saturated heterocycles. The van der Waals surface area contributed by atoms with Gasteiger partial charge in [0.25, 0.3) is 0 Å². The van der Waals surface area contributed by atoms with Gasteiger partial charge in [0.2, 0.25) is 9.84 Å². The Morgan fingerprint density at radius 3 is 2.03 bits per heavy atom. The molecule has 0 spiro atoms. The first kappa shape index (κ1) is 21.3. The first-order valence-corrected chi connectivity index (χ1v) is 12.0. The number of hydrogen-bond donors (Lipinski definition) is 0. The second-order valence-corrected chi connectivity index (χ2v) is 10.1. The lowest BCUT2D eigenvalue weighted by atomic mass is 10.1. The molecular weight excluding hydrogens is 408 g/mol. The number of sulfone groups is 1. The molecule has 0 N–H and O–H groups in total. The molecule has 7 heteroatoms. The van der Waals surface area contributed by atoms with Gasteiger partial charge in [0.15, 0.2) is 10.8 Å². The lowest BCUT2D eigenvalue weighted by Gasteiger charge is -2.37. The zero-order valence-corrected chi connectivity index (χ0v) is 19.3. The van der Waals surface area contributed by atoms with Crippen LogP contribution in [0.5, 0.6) is 0 Å². The number of nitrogens with zero attached hydrogens (tertiary/aromatic N) is 4. The molecule has 0 amide bonds. The third-order valence-corrected chi connectivity index (χ3v) is 7.64. The third kappa shape index (κ3) is 4.28. The minimum Gasteiger partial charge on any atom is -0.368 e. The SMILES string of the molecule is Cc1ccc(C)c(N2CCN(c3ccc(S(=O)(=O)c4ccc(C)c(C)c4)nn3)CC2)c1. The van der Waals surface area contributed by atoms with E-state index in [1.54, 1.807) is 24.3 Å². The van der Waals surface area contributed by atoms with Gasteiger partial charge in [-0.2, -0.15) is 0 Å². The van der Waals surface area contributed by atoms with Crippen molar-refractivity contribution in [2.45, 2.75) is 37.6 Å². The van der Waals surface area contributed by atoms with Crippen molar-refractivity contribution in [3.05, 3.63) is 70.8 Å². The maximum Gasteiger partial charge on any atom is 0.225 e. The van der Waals surface area contributed by atoms with Crippen molar-refractivity contribution in [3.63, 3.8) is 0 Å². The lowest BCUT2D eigenvalue weighted by Crippen LogP contribution is -2.47. The molecule has 1 fully saturated rings. The molecule has 31 heavy (non-hydrogen) atoms. The molecule has 1 aromatic heterocycles. The largest absolute Gasteiger partial charge is 0.368 e. The third-order valence-electron chi connectivity index (χ3n) is 6.00. The van der Waals surface area contributed by atoms with Gasteiger partial charge in [-0.15, -0.1) is 10.2 Å². The molecule has 0 unspecified atom stereocenters. The van der Waals surface area contributed by atoms with Gasteiger partial charge in [0.1, 0.15) is 0 Å². The molecule has 3 aromatic rings. The fraction of sp³-hybridized carbons (Fsp3) is 0.333. The first-order chi connectivity index (χ1) is 14.8. The molecule has 1 aliphatic heterocycles. The summed E-state index contributed by atoms with van der Waals surface area (Å²) in [6.45, 7) is 11.5. The summed E-state index contributed by atoms with van der Waals surface area (Å²) in [5.41, 5.74) is 5.81. The standard InChI is InChI=1S/C24H28N4O2S/c1-17-5-6-19(3)22(15-17)27-11-13-28(14-12-27)23-9-10-24(26-25-23)31(29,30)21-8-7-18(2)20(4)16-21/h5-10,15-16H,11-14H2,1-4H3. The van der Waals surface area contributed by atoms with E-state index < -0.39 is 9.84 Å². The van der Waals surface area contributed by atoms with Crippen molar-refractivity contribution in [3.8, 4) is 0 Å². The van der Waals surface area contributed by atoms with Gasteiger partial charge in [-0.25, -0.2) is 8.42 Å². The van der Waals surface area contributed by atoms with E-state index in [1.807, 2.05) is 19.9 Å². The molecule has 162 valence electrons. The zero-order valence-electron chi connectivity index (χ0n) is 18.5. The average molecular weight is 437 g/mol. The van der Waals surface area contributed by atoms with Gasteiger partial charge in [-0.3, -0.25) is 0 Å². The van der Waals surface area contributed by atoms with Crippen LogP contribution in [0.25, 0.3) is 0 Å². The highest BCUT2D eigenvalue weighted by molar-refractivity contribution is 7.91. The van der Waals surface area contributed by atoms with Crippen LogP contribution in [0, 0.1) is 27.7 Å². The van der Waals surface area contributed by atoms with Gasteiger partial charge in [-0.05, 0) is 80.3 Å². The second-order valence-electron chi connectivity index (χ2n) is 8.24. The predicted octanol–water partition coefficient (Wildman–Crippen LogP) is 3.87. The molecule has 0 bridgehead atoms. The van der Waals surface area contributed by atoms with Gasteiger partial charge in [0.05, 0.1) is 4.90 Å². The number of rotatable bonds is 4. The maximum atomic E-state index is 12.9. The Balaban J connectivity index is 1.48. The summed E-state index contributed by atoms with van der Waals surface area (Å²) in [6.07, 6.45) is 0. The van der Waals surface area contributed by atoms with Gasteiger partial charge in [-0.1, -0.05) is 18.2 Å². The van der Waals surface area contributed by atoms with Crippen LogP contribution >= 0.6 is 0 Å². The van der Waals surface area contributed by atoms with Crippen LogP contribution < -0.4 is 9.80 Å². The Labute approximate surface area is 184 Å². The minimum atomic E-state index is -3.68. The summed E-state index contributed by atoms with van der Waals surface area (Å²) < 4.78 is 25.8. The Hall–Kier alpha value is -2.93. The summed E-state index contributed by atoms with van der Waals surface area (Å²) in [7, 11) is -3.68. The van der Waals surface area contributed by atoms with Crippen molar-refractivity contribution in [2.24, 2.45) is 0 Å². The smallest absolute Gasteiger partial charge is 0.225 e. The van der Waals surface area contributed by atoms with E-state index >= 15 is 0 Å². The summed E-state index contributed by atoms with van der Waals surface area (Å²) in [4.78, 5) is 4.80. The Morgan fingerprint density at radius 2 is 1.39 bits per heavy atom. The van der Waals surface area contributed by atoms with Crippen LogP contribution in [-0.2, 0) is 9.84 Å². The van der Waals surface area contributed by atoms with Crippen LogP contribution in [0.2, 0.25) is 0 Å². The normalized spacial score (nSPS) is 14.7. The monoisotopic (exact) mass is 436 g/mol. The zero-order chi connectivity index (χ0) is 22.2. The first-order valence-electron chi connectivity index (χ1n) is 10.5. The van der Waals surface area contributed by atoms with Crippen LogP contribution in [0.3, 0.4) is 0 Å². The van der Waals surface area contributed by atoms with E-state index in [2.05, 4.69) is 52.0 Å². The number of piperazine rings is 1. The van der Waals surface area contributed by atoms with E-state index in [1.165, 1.54) is 16.8 Å². The Bertz CT molecular complexity index is 1200. The van der Waals surface area contributed by atoms with Crippen molar-refractivity contribution in [1.82, 2.24) is 10.2 Å². The molecule has 4 rings (SSSR count). The fourth-order valence-corrected chi connectivity index (χ4v) is 5.08.